The van der Waals surface area contributed by atoms with Crippen molar-refractivity contribution >= 4 is 62.3 Å². The van der Waals surface area contributed by atoms with Crippen molar-refractivity contribution in [2.75, 3.05) is 0 Å². The summed E-state index contributed by atoms with van der Waals surface area (Å²) in [6.45, 7) is 0. The molecule has 3 rings (SSSR count). The van der Waals surface area contributed by atoms with Gasteiger partial charge in [0.1, 0.15) is 0 Å². The zero-order valence-electron chi connectivity index (χ0n) is 9.95. The molecule has 0 radical (unpaired) electrons. The second kappa shape index (κ2) is 4.81. The summed E-state index contributed by atoms with van der Waals surface area (Å²) in [7, 11) is 0. The van der Waals surface area contributed by atoms with Crippen molar-refractivity contribution in [1.29, 1.82) is 0 Å². The van der Waals surface area contributed by atoms with Crippen LogP contribution in [0.3, 0.4) is 0 Å². The summed E-state index contributed by atoms with van der Waals surface area (Å²) >= 11 is 18.2. The van der Waals surface area contributed by atoms with Crippen LogP contribution in [0.4, 0.5) is 0 Å². The molecule has 3 aromatic rings. The minimum absolute atomic E-state index is 0.166. The Bertz CT molecular complexity index is 872. The van der Waals surface area contributed by atoms with Crippen LogP contribution in [-0.2, 0) is 0 Å². The van der Waals surface area contributed by atoms with Gasteiger partial charge in [0.05, 0.1) is 5.56 Å². The molecule has 0 saturated carbocycles. The number of hydrogen-bond donors (Lipinski definition) is 1. The van der Waals surface area contributed by atoms with Crippen molar-refractivity contribution < 1.29 is 9.90 Å². The number of hydrogen-bond acceptors (Lipinski definition) is 1. The van der Waals surface area contributed by atoms with Gasteiger partial charge in [-0.1, -0.05) is 40.9 Å². The monoisotopic (exact) mass is 324 g/mol. The van der Waals surface area contributed by atoms with Crippen molar-refractivity contribution in [2.45, 2.75) is 0 Å². The number of halogens is 3. The number of benzene rings is 3. The van der Waals surface area contributed by atoms with Gasteiger partial charge in [0, 0.05) is 20.5 Å². The Morgan fingerprint density at radius 1 is 0.800 bits per heavy atom. The van der Waals surface area contributed by atoms with E-state index >= 15 is 0 Å². The smallest absolute Gasteiger partial charge is 0.336 e. The lowest BCUT2D eigenvalue weighted by Gasteiger charge is -2.10. The van der Waals surface area contributed by atoms with Crippen molar-refractivity contribution in [2.24, 2.45) is 0 Å². The predicted octanol–water partition coefficient (Wildman–Crippen LogP) is 5.65. The number of rotatable bonds is 1. The normalized spacial score (nSPS) is 11.2. The van der Waals surface area contributed by atoms with Crippen LogP contribution < -0.4 is 0 Å². The Hall–Kier alpha value is -1.48. The van der Waals surface area contributed by atoms with E-state index in [1.165, 1.54) is 0 Å². The molecule has 2 nitrogen and oxygen atoms in total. The van der Waals surface area contributed by atoms with Crippen molar-refractivity contribution in [3.63, 3.8) is 0 Å². The molecule has 0 aliphatic heterocycles. The average Bonchev–Trinajstić information content (AvgIpc) is 2.37. The maximum absolute atomic E-state index is 11.4. The fraction of sp³-hybridized carbons (Fsp3) is 0. The molecular formula is C15H7Cl3O2. The van der Waals surface area contributed by atoms with Crippen LogP contribution in [0.15, 0.2) is 36.4 Å². The molecule has 3 aromatic carbocycles. The van der Waals surface area contributed by atoms with Crippen LogP contribution in [0.25, 0.3) is 21.5 Å². The van der Waals surface area contributed by atoms with E-state index in [-0.39, 0.29) is 5.56 Å². The van der Waals surface area contributed by atoms with Crippen LogP contribution >= 0.6 is 34.8 Å². The number of fused-ring (bicyclic) bond motifs is 3. The first-order chi connectivity index (χ1) is 9.47. The second-order valence-electron chi connectivity index (χ2n) is 4.40. The maximum atomic E-state index is 11.4. The molecule has 5 heteroatoms. The summed E-state index contributed by atoms with van der Waals surface area (Å²) in [4.78, 5) is 11.4. The molecule has 0 unspecified atom stereocenters. The highest BCUT2D eigenvalue weighted by molar-refractivity contribution is 6.40. The average molecular weight is 326 g/mol. The molecule has 0 saturated heterocycles. The van der Waals surface area contributed by atoms with Crippen LogP contribution in [0.2, 0.25) is 15.1 Å². The van der Waals surface area contributed by atoms with Crippen LogP contribution in [0.1, 0.15) is 10.4 Å². The summed E-state index contributed by atoms with van der Waals surface area (Å²) in [5, 5.41) is 13.6. The van der Waals surface area contributed by atoms with E-state index in [4.69, 9.17) is 34.8 Å². The van der Waals surface area contributed by atoms with Crippen LogP contribution in [0.5, 0.6) is 0 Å². The quantitative estimate of drug-likeness (QED) is 0.587. The SMILES string of the molecule is O=C(O)c1cc2c(Cl)cc(Cl)cc2c2ccc(Cl)cc12. The number of carboxylic acid groups (broad SMARTS) is 1. The van der Waals surface area contributed by atoms with Crippen LogP contribution in [0, 0.1) is 0 Å². The Labute approximate surface area is 129 Å². The zero-order valence-corrected chi connectivity index (χ0v) is 12.2. The van der Waals surface area contributed by atoms with Crippen molar-refractivity contribution in [3.05, 3.63) is 57.0 Å². The molecule has 0 aliphatic carbocycles. The largest absolute Gasteiger partial charge is 0.478 e. The van der Waals surface area contributed by atoms with Gasteiger partial charge in [-0.15, -0.1) is 0 Å². The van der Waals surface area contributed by atoms with Gasteiger partial charge in [-0.05, 0) is 46.5 Å². The summed E-state index contributed by atoms with van der Waals surface area (Å²) in [6.07, 6.45) is 0. The first-order valence-electron chi connectivity index (χ1n) is 5.71. The standard InChI is InChI=1S/C15H7Cl3O2/c16-7-1-2-9-10-4-8(17)5-14(18)12(10)6-13(15(19)20)11(9)3-7/h1-6H,(H,19,20). The molecule has 0 fully saturated rings. The van der Waals surface area contributed by atoms with Crippen LogP contribution in [-0.4, -0.2) is 11.1 Å². The minimum atomic E-state index is -1.02. The first kappa shape index (κ1) is 13.5. The van der Waals surface area contributed by atoms with Gasteiger partial charge in [0.25, 0.3) is 0 Å². The van der Waals surface area contributed by atoms with E-state index in [1.807, 2.05) is 0 Å². The molecule has 0 amide bonds. The molecule has 20 heavy (non-hydrogen) atoms. The van der Waals surface area contributed by atoms with E-state index in [1.54, 1.807) is 36.4 Å². The summed E-state index contributed by atoms with van der Waals surface area (Å²) < 4.78 is 0. The third kappa shape index (κ3) is 2.10. The Kier molecular flexibility index (Phi) is 3.25. The van der Waals surface area contributed by atoms with Gasteiger partial charge in [0.15, 0.2) is 0 Å². The Morgan fingerprint density at radius 3 is 2.20 bits per heavy atom. The zero-order chi connectivity index (χ0) is 14.4. The number of aromatic carboxylic acids is 1. The molecular weight excluding hydrogens is 319 g/mol. The Morgan fingerprint density at radius 2 is 1.50 bits per heavy atom. The van der Waals surface area contributed by atoms with Gasteiger partial charge in [-0.2, -0.15) is 0 Å². The minimum Gasteiger partial charge on any atom is -0.478 e. The summed E-state index contributed by atoms with van der Waals surface area (Å²) in [5.41, 5.74) is 0.166. The lowest BCUT2D eigenvalue weighted by atomic mass is 9.97. The second-order valence-corrected chi connectivity index (χ2v) is 5.68. The van der Waals surface area contributed by atoms with Crippen molar-refractivity contribution in [3.8, 4) is 0 Å². The van der Waals surface area contributed by atoms with Gasteiger partial charge < -0.3 is 5.11 Å². The van der Waals surface area contributed by atoms with Gasteiger partial charge in [-0.25, -0.2) is 4.79 Å². The molecule has 0 atom stereocenters. The van der Waals surface area contributed by atoms with E-state index in [0.717, 1.165) is 10.8 Å². The summed E-state index contributed by atoms with van der Waals surface area (Å²) in [5.74, 6) is -1.02. The fourth-order valence-corrected chi connectivity index (χ4v) is 3.05. The molecule has 0 bridgehead atoms. The molecule has 0 spiro atoms. The van der Waals surface area contributed by atoms with E-state index in [0.29, 0.717) is 25.8 Å². The highest BCUT2D eigenvalue weighted by atomic mass is 35.5. The highest BCUT2D eigenvalue weighted by Gasteiger charge is 2.14. The predicted molar refractivity (Wildman–Crippen MR) is 83.4 cm³/mol. The number of carboxylic acids is 1. The highest BCUT2D eigenvalue weighted by Crippen LogP contribution is 2.36. The maximum Gasteiger partial charge on any atom is 0.336 e. The fourth-order valence-electron chi connectivity index (χ4n) is 2.33. The van der Waals surface area contributed by atoms with Crippen molar-refractivity contribution in [1.82, 2.24) is 0 Å². The third-order valence-electron chi connectivity index (χ3n) is 3.18. The third-order valence-corrected chi connectivity index (χ3v) is 3.94. The van der Waals surface area contributed by atoms with Gasteiger partial charge >= 0.3 is 5.97 Å². The van der Waals surface area contributed by atoms with E-state index < -0.39 is 5.97 Å². The molecule has 100 valence electrons. The van der Waals surface area contributed by atoms with E-state index in [2.05, 4.69) is 0 Å². The molecule has 0 aromatic heterocycles. The number of carbonyl (C=O) groups is 1. The topological polar surface area (TPSA) is 37.3 Å². The molecule has 0 aliphatic rings. The lowest BCUT2D eigenvalue weighted by Crippen LogP contribution is -1.98. The van der Waals surface area contributed by atoms with Gasteiger partial charge in [0.2, 0.25) is 0 Å². The van der Waals surface area contributed by atoms with Gasteiger partial charge in [-0.3, -0.25) is 0 Å². The summed E-state index contributed by atoms with van der Waals surface area (Å²) in [6, 6.07) is 10.0. The Balaban J connectivity index is 2.61. The lowest BCUT2D eigenvalue weighted by molar-refractivity contribution is 0.0699. The first-order valence-corrected chi connectivity index (χ1v) is 6.85. The molecule has 1 N–H and O–H groups in total. The van der Waals surface area contributed by atoms with E-state index in [9.17, 15) is 9.90 Å². The molecule has 0 heterocycles.